The van der Waals surface area contributed by atoms with Crippen LogP contribution in [0.25, 0.3) is 0 Å². The zero-order valence-electron chi connectivity index (χ0n) is 11.0. The number of hydrogen-bond acceptors (Lipinski definition) is 2. The van der Waals surface area contributed by atoms with Gasteiger partial charge in [-0.05, 0) is 24.6 Å². The van der Waals surface area contributed by atoms with Crippen LogP contribution in [0.2, 0.25) is 0 Å². The Kier molecular flexibility index (Phi) is 6.75. The minimum atomic E-state index is 0.226. The second-order valence-corrected chi connectivity index (χ2v) is 4.97. The molecule has 0 radical (unpaired) electrons. The normalized spacial score (nSPS) is 13.2. The lowest BCUT2D eigenvalue weighted by Gasteiger charge is -2.17. The fourth-order valence-electron chi connectivity index (χ4n) is 1.55. The third-order valence-corrected chi connectivity index (χ3v) is 2.87. The second kappa shape index (κ2) is 8.11. The lowest BCUT2D eigenvalue weighted by atomic mass is 10.2. The summed E-state index contributed by atoms with van der Waals surface area (Å²) in [6.07, 6.45) is 0. The van der Waals surface area contributed by atoms with Gasteiger partial charge in [-0.15, -0.1) is 0 Å². The number of ether oxygens (including phenoxy) is 1. The molecule has 0 spiro atoms. The van der Waals surface area contributed by atoms with Gasteiger partial charge in [-0.25, -0.2) is 0 Å². The van der Waals surface area contributed by atoms with Crippen LogP contribution < -0.4 is 10.6 Å². The Labute approximate surface area is 117 Å². The van der Waals surface area contributed by atoms with Gasteiger partial charge in [0.1, 0.15) is 0 Å². The van der Waals surface area contributed by atoms with E-state index in [-0.39, 0.29) is 6.04 Å². The number of nitrogens with zero attached hydrogens (tertiary/aromatic N) is 1. The SMILES string of the molecule is CN=C(NCc1cccc(Br)c1)NC(C)COC. The summed E-state index contributed by atoms with van der Waals surface area (Å²) in [7, 11) is 3.45. The summed E-state index contributed by atoms with van der Waals surface area (Å²) in [5, 5.41) is 6.52. The van der Waals surface area contributed by atoms with Crippen LogP contribution in [0.15, 0.2) is 33.7 Å². The van der Waals surface area contributed by atoms with E-state index in [9.17, 15) is 0 Å². The lowest BCUT2D eigenvalue weighted by Crippen LogP contribution is -2.43. The van der Waals surface area contributed by atoms with E-state index >= 15 is 0 Å². The van der Waals surface area contributed by atoms with Gasteiger partial charge in [-0.3, -0.25) is 4.99 Å². The van der Waals surface area contributed by atoms with E-state index in [0.29, 0.717) is 6.61 Å². The number of hydrogen-bond donors (Lipinski definition) is 2. The van der Waals surface area contributed by atoms with E-state index in [4.69, 9.17) is 4.74 Å². The summed E-state index contributed by atoms with van der Waals surface area (Å²) < 4.78 is 6.16. The molecule has 0 aliphatic rings. The molecule has 0 amide bonds. The van der Waals surface area contributed by atoms with Crippen LogP contribution in [0.3, 0.4) is 0 Å². The highest BCUT2D eigenvalue weighted by molar-refractivity contribution is 9.10. The average Bonchev–Trinajstić information content (AvgIpc) is 2.35. The molecule has 1 aromatic rings. The molecule has 2 N–H and O–H groups in total. The van der Waals surface area contributed by atoms with Crippen LogP contribution in [-0.2, 0) is 11.3 Å². The zero-order valence-corrected chi connectivity index (χ0v) is 12.6. The summed E-state index contributed by atoms with van der Waals surface area (Å²) in [5.74, 6) is 0.777. The predicted octanol–water partition coefficient (Wildman–Crippen LogP) is 2.15. The van der Waals surface area contributed by atoms with Gasteiger partial charge in [0.15, 0.2) is 5.96 Å². The van der Waals surface area contributed by atoms with Crippen molar-refractivity contribution in [2.45, 2.75) is 19.5 Å². The Hall–Kier alpha value is -1.07. The van der Waals surface area contributed by atoms with Gasteiger partial charge >= 0.3 is 0 Å². The maximum absolute atomic E-state index is 5.08. The highest BCUT2D eigenvalue weighted by Gasteiger charge is 2.04. The first-order valence-electron chi connectivity index (χ1n) is 5.86. The number of methoxy groups -OCH3 is 1. The maximum Gasteiger partial charge on any atom is 0.191 e. The molecule has 1 atom stereocenters. The van der Waals surface area contributed by atoms with Crippen molar-refractivity contribution in [2.24, 2.45) is 4.99 Å². The Morgan fingerprint density at radius 2 is 2.28 bits per heavy atom. The number of rotatable bonds is 5. The smallest absolute Gasteiger partial charge is 0.191 e. The molecule has 1 unspecified atom stereocenters. The highest BCUT2D eigenvalue weighted by atomic mass is 79.9. The largest absolute Gasteiger partial charge is 0.383 e. The molecule has 18 heavy (non-hydrogen) atoms. The van der Waals surface area contributed by atoms with Crippen molar-refractivity contribution in [3.8, 4) is 0 Å². The third-order valence-electron chi connectivity index (χ3n) is 2.37. The van der Waals surface area contributed by atoms with Gasteiger partial charge < -0.3 is 15.4 Å². The fourth-order valence-corrected chi connectivity index (χ4v) is 2.00. The summed E-state index contributed by atoms with van der Waals surface area (Å²) in [5.41, 5.74) is 1.20. The molecule has 100 valence electrons. The highest BCUT2D eigenvalue weighted by Crippen LogP contribution is 2.11. The van der Waals surface area contributed by atoms with Gasteiger partial charge in [0, 0.05) is 31.2 Å². The quantitative estimate of drug-likeness (QED) is 0.647. The molecule has 0 aliphatic heterocycles. The topological polar surface area (TPSA) is 45.7 Å². The minimum Gasteiger partial charge on any atom is -0.383 e. The number of benzene rings is 1. The van der Waals surface area contributed by atoms with Crippen LogP contribution in [0.5, 0.6) is 0 Å². The average molecular weight is 314 g/mol. The standard InChI is InChI=1S/C13H20BrN3O/c1-10(9-18-3)17-13(15-2)16-8-11-5-4-6-12(14)7-11/h4-7,10H,8-9H2,1-3H3,(H2,15,16,17). The minimum absolute atomic E-state index is 0.226. The molecule has 0 saturated carbocycles. The van der Waals surface area contributed by atoms with Crippen LogP contribution in [0.1, 0.15) is 12.5 Å². The third kappa shape index (κ3) is 5.51. The molecule has 0 aromatic heterocycles. The van der Waals surface area contributed by atoms with Crippen molar-refractivity contribution in [1.29, 1.82) is 0 Å². The summed E-state index contributed by atoms with van der Waals surface area (Å²) in [4.78, 5) is 4.17. The molecular weight excluding hydrogens is 294 g/mol. The molecule has 5 heteroatoms. The molecule has 0 fully saturated rings. The first-order valence-corrected chi connectivity index (χ1v) is 6.65. The number of halogens is 1. The van der Waals surface area contributed by atoms with E-state index in [1.165, 1.54) is 5.56 Å². The lowest BCUT2D eigenvalue weighted by molar-refractivity contribution is 0.179. The first kappa shape index (κ1) is 15.0. The van der Waals surface area contributed by atoms with Crippen molar-refractivity contribution in [1.82, 2.24) is 10.6 Å². The summed E-state index contributed by atoms with van der Waals surface area (Å²) in [6.45, 7) is 3.44. The van der Waals surface area contributed by atoms with E-state index in [1.807, 2.05) is 12.1 Å². The molecule has 4 nitrogen and oxygen atoms in total. The molecule has 1 rings (SSSR count). The van der Waals surface area contributed by atoms with Crippen molar-refractivity contribution in [3.05, 3.63) is 34.3 Å². The van der Waals surface area contributed by atoms with Gasteiger partial charge in [0.05, 0.1) is 6.61 Å². The predicted molar refractivity (Wildman–Crippen MR) is 78.8 cm³/mol. The number of aliphatic imine (C=N–C) groups is 1. The van der Waals surface area contributed by atoms with E-state index in [1.54, 1.807) is 14.2 Å². The Morgan fingerprint density at radius 3 is 2.89 bits per heavy atom. The fraction of sp³-hybridized carbons (Fsp3) is 0.462. The van der Waals surface area contributed by atoms with Gasteiger partial charge in [-0.2, -0.15) is 0 Å². The van der Waals surface area contributed by atoms with Crippen molar-refractivity contribution < 1.29 is 4.74 Å². The first-order chi connectivity index (χ1) is 8.65. The molecule has 0 bridgehead atoms. The van der Waals surface area contributed by atoms with E-state index in [2.05, 4.69) is 50.6 Å². The molecule has 0 heterocycles. The number of guanidine groups is 1. The Morgan fingerprint density at radius 1 is 1.50 bits per heavy atom. The van der Waals surface area contributed by atoms with Crippen LogP contribution in [-0.4, -0.2) is 32.8 Å². The van der Waals surface area contributed by atoms with E-state index < -0.39 is 0 Å². The van der Waals surface area contributed by atoms with Gasteiger partial charge in [0.2, 0.25) is 0 Å². The van der Waals surface area contributed by atoms with Crippen molar-refractivity contribution >= 4 is 21.9 Å². The van der Waals surface area contributed by atoms with Crippen LogP contribution in [0, 0.1) is 0 Å². The molecule has 1 aromatic carbocycles. The summed E-state index contributed by atoms with van der Waals surface area (Å²) in [6, 6.07) is 8.41. The maximum atomic E-state index is 5.08. The molecule has 0 saturated heterocycles. The number of nitrogens with one attached hydrogen (secondary N) is 2. The second-order valence-electron chi connectivity index (χ2n) is 4.06. The van der Waals surface area contributed by atoms with Gasteiger partial charge in [-0.1, -0.05) is 28.1 Å². The zero-order chi connectivity index (χ0) is 13.4. The van der Waals surface area contributed by atoms with Crippen LogP contribution >= 0.6 is 15.9 Å². The van der Waals surface area contributed by atoms with Crippen molar-refractivity contribution in [3.63, 3.8) is 0 Å². The van der Waals surface area contributed by atoms with Crippen molar-refractivity contribution in [2.75, 3.05) is 20.8 Å². The Bertz CT molecular complexity index is 396. The van der Waals surface area contributed by atoms with Gasteiger partial charge in [0.25, 0.3) is 0 Å². The Balaban J connectivity index is 2.45. The molecular formula is C13H20BrN3O. The summed E-state index contributed by atoms with van der Waals surface area (Å²) >= 11 is 3.46. The monoisotopic (exact) mass is 313 g/mol. The molecule has 0 aliphatic carbocycles. The van der Waals surface area contributed by atoms with Crippen LogP contribution in [0.4, 0.5) is 0 Å². The van der Waals surface area contributed by atoms with E-state index in [0.717, 1.165) is 17.0 Å².